The van der Waals surface area contributed by atoms with E-state index in [1.54, 1.807) is 25.6 Å². The van der Waals surface area contributed by atoms with Crippen molar-refractivity contribution < 1.29 is 14.3 Å². The van der Waals surface area contributed by atoms with Gasteiger partial charge in [-0.15, -0.1) is 11.3 Å². The van der Waals surface area contributed by atoms with Crippen LogP contribution in [0.1, 0.15) is 16.9 Å². The average Bonchev–Trinajstić information content (AvgIpc) is 3.03. The van der Waals surface area contributed by atoms with E-state index in [2.05, 4.69) is 5.32 Å². The number of aryl methyl sites for hydroxylation is 1. The molecular weight excluding hydrogens is 286 g/mol. The Morgan fingerprint density at radius 1 is 1.19 bits per heavy atom. The molecule has 112 valence electrons. The van der Waals surface area contributed by atoms with Crippen molar-refractivity contribution in [2.75, 3.05) is 14.2 Å². The van der Waals surface area contributed by atoms with E-state index < -0.39 is 0 Å². The molecule has 0 aliphatic rings. The lowest BCUT2D eigenvalue weighted by atomic mass is 10.1. The number of nitrogens with one attached hydrogen (secondary N) is 1. The fourth-order valence-electron chi connectivity index (χ4n) is 1.96. The van der Waals surface area contributed by atoms with Crippen molar-refractivity contribution in [1.82, 2.24) is 5.32 Å². The lowest BCUT2D eigenvalue weighted by molar-refractivity contribution is -0.121. The second-order valence-electron chi connectivity index (χ2n) is 4.58. The van der Waals surface area contributed by atoms with Crippen molar-refractivity contribution in [3.63, 3.8) is 0 Å². The highest BCUT2D eigenvalue weighted by atomic mass is 32.1. The fraction of sp³-hybridized carbons (Fsp3) is 0.312. The summed E-state index contributed by atoms with van der Waals surface area (Å²) in [5, 5.41) is 4.93. The zero-order valence-corrected chi connectivity index (χ0v) is 13.0. The molecule has 0 unspecified atom stereocenters. The molecule has 1 aromatic heterocycles. The third kappa shape index (κ3) is 4.79. The van der Waals surface area contributed by atoms with E-state index in [4.69, 9.17) is 9.47 Å². The van der Waals surface area contributed by atoms with Crippen molar-refractivity contribution in [3.8, 4) is 11.5 Å². The van der Waals surface area contributed by atoms with Crippen LogP contribution in [0.4, 0.5) is 0 Å². The minimum atomic E-state index is 0.0465. The average molecular weight is 305 g/mol. The smallest absolute Gasteiger partial charge is 0.220 e. The molecule has 0 aliphatic carbocycles. The number of ether oxygens (including phenoxy) is 2. The molecule has 0 fully saturated rings. The number of hydrogen-bond acceptors (Lipinski definition) is 4. The van der Waals surface area contributed by atoms with E-state index >= 15 is 0 Å². The number of carbonyl (C=O) groups is 1. The van der Waals surface area contributed by atoms with Gasteiger partial charge in [-0.1, -0.05) is 6.07 Å². The molecule has 1 aromatic carbocycles. The zero-order valence-electron chi connectivity index (χ0n) is 12.2. The van der Waals surface area contributed by atoms with Crippen molar-refractivity contribution in [3.05, 3.63) is 46.2 Å². The van der Waals surface area contributed by atoms with Gasteiger partial charge in [-0.3, -0.25) is 4.79 Å². The summed E-state index contributed by atoms with van der Waals surface area (Å²) in [6, 6.07) is 9.66. The lowest BCUT2D eigenvalue weighted by Crippen LogP contribution is -2.22. The van der Waals surface area contributed by atoms with Crippen LogP contribution < -0.4 is 14.8 Å². The third-order valence-corrected chi connectivity index (χ3v) is 3.97. The normalized spacial score (nSPS) is 10.2. The first-order valence-electron chi connectivity index (χ1n) is 6.72. The number of hydrogen-bond donors (Lipinski definition) is 1. The summed E-state index contributed by atoms with van der Waals surface area (Å²) in [5.74, 6) is 1.52. The zero-order chi connectivity index (χ0) is 15.1. The van der Waals surface area contributed by atoms with Gasteiger partial charge in [0, 0.05) is 17.4 Å². The predicted octanol–water partition coefficient (Wildman–Crippen LogP) is 3.01. The minimum Gasteiger partial charge on any atom is -0.497 e. The van der Waals surface area contributed by atoms with Crippen LogP contribution in [0, 0.1) is 0 Å². The third-order valence-electron chi connectivity index (χ3n) is 3.09. The molecule has 0 saturated carbocycles. The minimum absolute atomic E-state index is 0.0465. The highest BCUT2D eigenvalue weighted by Gasteiger charge is 2.06. The Balaban J connectivity index is 1.85. The Morgan fingerprint density at radius 3 is 2.48 bits per heavy atom. The molecule has 0 bridgehead atoms. The van der Waals surface area contributed by atoms with E-state index in [0.717, 1.165) is 21.9 Å². The molecule has 0 atom stereocenters. The monoisotopic (exact) mass is 305 g/mol. The number of benzene rings is 1. The van der Waals surface area contributed by atoms with Crippen LogP contribution >= 0.6 is 11.3 Å². The summed E-state index contributed by atoms with van der Waals surface area (Å²) in [5.41, 5.74) is 1.03. The Hall–Kier alpha value is -2.01. The van der Waals surface area contributed by atoms with Gasteiger partial charge in [-0.2, -0.15) is 0 Å². The van der Waals surface area contributed by atoms with E-state index in [1.165, 1.54) is 0 Å². The maximum absolute atomic E-state index is 11.9. The SMILES string of the molecule is COc1cc(CCC(=O)NCc2cccs2)cc(OC)c1. The molecule has 21 heavy (non-hydrogen) atoms. The van der Waals surface area contributed by atoms with Gasteiger partial charge in [0.25, 0.3) is 0 Å². The van der Waals surface area contributed by atoms with Crippen LogP contribution in [0.3, 0.4) is 0 Å². The summed E-state index contributed by atoms with van der Waals surface area (Å²) in [6.45, 7) is 0.595. The molecule has 1 amide bonds. The number of methoxy groups -OCH3 is 2. The van der Waals surface area contributed by atoms with Crippen molar-refractivity contribution in [2.24, 2.45) is 0 Å². The summed E-state index contributed by atoms with van der Waals surface area (Å²) < 4.78 is 10.4. The van der Waals surface area contributed by atoms with Gasteiger partial charge in [-0.05, 0) is 35.6 Å². The Kier molecular flexibility index (Phi) is 5.63. The Bertz CT molecular complexity index is 559. The molecule has 1 N–H and O–H groups in total. The van der Waals surface area contributed by atoms with Gasteiger partial charge in [0.15, 0.2) is 0 Å². The lowest BCUT2D eigenvalue weighted by Gasteiger charge is -2.08. The highest BCUT2D eigenvalue weighted by Crippen LogP contribution is 2.23. The van der Waals surface area contributed by atoms with Crippen LogP contribution in [0.2, 0.25) is 0 Å². The summed E-state index contributed by atoms with van der Waals surface area (Å²) in [6.07, 6.45) is 1.10. The molecule has 4 nitrogen and oxygen atoms in total. The predicted molar refractivity (Wildman–Crippen MR) is 84.0 cm³/mol. The van der Waals surface area contributed by atoms with Crippen LogP contribution in [0.25, 0.3) is 0 Å². The quantitative estimate of drug-likeness (QED) is 0.855. The molecule has 5 heteroatoms. The van der Waals surface area contributed by atoms with Crippen molar-refractivity contribution in [2.45, 2.75) is 19.4 Å². The summed E-state index contributed by atoms with van der Waals surface area (Å²) in [4.78, 5) is 13.0. The van der Waals surface area contributed by atoms with Crippen LogP contribution in [-0.2, 0) is 17.8 Å². The maximum Gasteiger partial charge on any atom is 0.220 e. The van der Waals surface area contributed by atoms with Gasteiger partial charge in [0.05, 0.1) is 20.8 Å². The second-order valence-corrected chi connectivity index (χ2v) is 5.61. The maximum atomic E-state index is 11.9. The van der Waals surface area contributed by atoms with Gasteiger partial charge in [0.1, 0.15) is 11.5 Å². The topological polar surface area (TPSA) is 47.6 Å². The van der Waals surface area contributed by atoms with Gasteiger partial charge >= 0.3 is 0 Å². The molecule has 2 aromatic rings. The molecule has 1 heterocycles. The van der Waals surface area contributed by atoms with E-state index in [0.29, 0.717) is 19.4 Å². The number of rotatable bonds is 7. The number of carbonyl (C=O) groups excluding carboxylic acids is 1. The standard InChI is InChI=1S/C16H19NO3S/c1-19-13-8-12(9-14(10-13)20-2)5-6-16(18)17-11-15-4-3-7-21-15/h3-4,7-10H,5-6,11H2,1-2H3,(H,17,18). The molecular formula is C16H19NO3S. The van der Waals surface area contributed by atoms with Gasteiger partial charge in [-0.25, -0.2) is 0 Å². The largest absolute Gasteiger partial charge is 0.497 e. The van der Waals surface area contributed by atoms with Crippen LogP contribution in [-0.4, -0.2) is 20.1 Å². The van der Waals surface area contributed by atoms with E-state index in [-0.39, 0.29) is 5.91 Å². The van der Waals surface area contributed by atoms with Crippen molar-refractivity contribution >= 4 is 17.2 Å². The number of amides is 1. The summed E-state index contributed by atoms with van der Waals surface area (Å²) >= 11 is 1.64. The van der Waals surface area contributed by atoms with E-state index in [1.807, 2.05) is 35.7 Å². The van der Waals surface area contributed by atoms with Gasteiger partial charge < -0.3 is 14.8 Å². The second kappa shape index (κ2) is 7.69. The molecule has 0 aliphatic heterocycles. The highest BCUT2D eigenvalue weighted by molar-refractivity contribution is 7.09. The van der Waals surface area contributed by atoms with Crippen LogP contribution in [0.5, 0.6) is 11.5 Å². The Labute approximate surface area is 128 Å². The van der Waals surface area contributed by atoms with E-state index in [9.17, 15) is 4.79 Å². The Morgan fingerprint density at radius 2 is 1.90 bits per heavy atom. The first kappa shape index (κ1) is 15.4. The molecule has 0 saturated heterocycles. The number of thiophene rings is 1. The molecule has 0 radical (unpaired) electrons. The molecule has 2 rings (SSSR count). The van der Waals surface area contributed by atoms with Crippen molar-refractivity contribution in [1.29, 1.82) is 0 Å². The molecule has 0 spiro atoms. The van der Waals surface area contributed by atoms with Crippen LogP contribution in [0.15, 0.2) is 35.7 Å². The first-order chi connectivity index (χ1) is 10.2. The fourth-order valence-corrected chi connectivity index (χ4v) is 2.60. The first-order valence-corrected chi connectivity index (χ1v) is 7.60. The van der Waals surface area contributed by atoms with Gasteiger partial charge in [0.2, 0.25) is 5.91 Å². The summed E-state index contributed by atoms with van der Waals surface area (Å²) in [7, 11) is 3.23.